The van der Waals surface area contributed by atoms with Crippen LogP contribution in [0, 0.1) is 6.92 Å². The summed E-state index contributed by atoms with van der Waals surface area (Å²) in [5.74, 6) is 0.429. The quantitative estimate of drug-likeness (QED) is 0.568. The smallest absolute Gasteiger partial charge is 0.416 e. The Labute approximate surface area is 133 Å². The van der Waals surface area contributed by atoms with E-state index >= 15 is 0 Å². The van der Waals surface area contributed by atoms with E-state index in [0.717, 1.165) is 16.1 Å². The van der Waals surface area contributed by atoms with Gasteiger partial charge in [0.05, 0.1) is 5.56 Å². The predicted octanol–water partition coefficient (Wildman–Crippen LogP) is 6.31. The standard InChI is InChI=1S/C15H11BrClF3O/c1-9-6-11(16)3-5-14(9)21-12-4-2-10(8-17)13(7-12)15(18,19)20/h2-7H,8H2,1H3. The summed E-state index contributed by atoms with van der Waals surface area (Å²) in [6.45, 7) is 1.82. The summed E-state index contributed by atoms with van der Waals surface area (Å²) in [6, 6.07) is 9.07. The Balaban J connectivity index is 2.37. The Bertz CT molecular complexity index is 656. The van der Waals surface area contributed by atoms with Gasteiger partial charge in [-0.25, -0.2) is 0 Å². The lowest BCUT2D eigenvalue weighted by molar-refractivity contribution is -0.138. The third kappa shape index (κ3) is 3.92. The molecule has 2 aromatic rings. The summed E-state index contributed by atoms with van der Waals surface area (Å²) in [4.78, 5) is 0. The van der Waals surface area contributed by atoms with Gasteiger partial charge in [0, 0.05) is 10.4 Å². The molecule has 0 radical (unpaired) electrons. The number of rotatable bonds is 3. The van der Waals surface area contributed by atoms with Gasteiger partial charge < -0.3 is 4.74 Å². The van der Waals surface area contributed by atoms with Crippen molar-refractivity contribution < 1.29 is 17.9 Å². The first-order valence-electron chi connectivity index (χ1n) is 6.01. The van der Waals surface area contributed by atoms with Gasteiger partial charge in [0.1, 0.15) is 11.5 Å². The van der Waals surface area contributed by atoms with E-state index in [9.17, 15) is 13.2 Å². The fourth-order valence-corrected chi connectivity index (χ4v) is 2.56. The molecule has 0 aliphatic heterocycles. The van der Waals surface area contributed by atoms with Crippen LogP contribution in [0.2, 0.25) is 0 Å². The molecule has 0 bridgehead atoms. The van der Waals surface area contributed by atoms with Crippen LogP contribution in [0.1, 0.15) is 16.7 Å². The number of benzene rings is 2. The number of hydrogen-bond donors (Lipinski definition) is 0. The second-order valence-electron chi connectivity index (χ2n) is 4.46. The molecule has 0 saturated heterocycles. The normalized spacial score (nSPS) is 11.5. The van der Waals surface area contributed by atoms with E-state index < -0.39 is 11.7 Å². The third-order valence-electron chi connectivity index (χ3n) is 2.90. The Morgan fingerprint density at radius 1 is 1.14 bits per heavy atom. The minimum atomic E-state index is -4.46. The highest BCUT2D eigenvalue weighted by Gasteiger charge is 2.33. The largest absolute Gasteiger partial charge is 0.457 e. The van der Waals surface area contributed by atoms with Gasteiger partial charge in [0.2, 0.25) is 0 Å². The Morgan fingerprint density at radius 2 is 1.86 bits per heavy atom. The molecular weight excluding hydrogens is 369 g/mol. The van der Waals surface area contributed by atoms with Crippen molar-refractivity contribution in [1.82, 2.24) is 0 Å². The number of alkyl halides is 4. The van der Waals surface area contributed by atoms with Gasteiger partial charge in [-0.15, -0.1) is 11.6 Å². The molecule has 0 heterocycles. The van der Waals surface area contributed by atoms with Crippen LogP contribution >= 0.6 is 27.5 Å². The topological polar surface area (TPSA) is 9.23 Å². The van der Waals surface area contributed by atoms with E-state index in [1.165, 1.54) is 12.1 Å². The minimum absolute atomic E-state index is 0.0315. The van der Waals surface area contributed by atoms with Gasteiger partial charge in [-0.2, -0.15) is 13.2 Å². The van der Waals surface area contributed by atoms with E-state index in [0.29, 0.717) is 5.75 Å². The van der Waals surface area contributed by atoms with Crippen molar-refractivity contribution in [1.29, 1.82) is 0 Å². The van der Waals surface area contributed by atoms with Crippen molar-refractivity contribution >= 4 is 27.5 Å². The maximum atomic E-state index is 13.0. The molecule has 112 valence electrons. The molecule has 2 aromatic carbocycles. The van der Waals surface area contributed by atoms with Gasteiger partial charge in [0.15, 0.2) is 0 Å². The van der Waals surface area contributed by atoms with Crippen LogP contribution in [0.25, 0.3) is 0 Å². The highest BCUT2D eigenvalue weighted by molar-refractivity contribution is 9.10. The van der Waals surface area contributed by atoms with Crippen LogP contribution in [-0.4, -0.2) is 0 Å². The lowest BCUT2D eigenvalue weighted by atomic mass is 10.1. The highest BCUT2D eigenvalue weighted by Crippen LogP contribution is 2.36. The highest BCUT2D eigenvalue weighted by atomic mass is 79.9. The summed E-state index contributed by atoms with van der Waals surface area (Å²) < 4.78 is 45.3. The van der Waals surface area contributed by atoms with Crippen molar-refractivity contribution in [2.45, 2.75) is 19.0 Å². The summed E-state index contributed by atoms with van der Waals surface area (Å²) in [5, 5.41) is 0. The molecule has 6 heteroatoms. The fourth-order valence-electron chi connectivity index (χ4n) is 1.85. The van der Waals surface area contributed by atoms with Crippen molar-refractivity contribution in [2.75, 3.05) is 0 Å². The molecular formula is C15H11BrClF3O. The van der Waals surface area contributed by atoms with Crippen molar-refractivity contribution in [3.63, 3.8) is 0 Å². The Morgan fingerprint density at radius 3 is 2.43 bits per heavy atom. The first kappa shape index (κ1) is 16.2. The zero-order valence-corrected chi connectivity index (χ0v) is 13.3. The first-order valence-corrected chi connectivity index (χ1v) is 7.34. The summed E-state index contributed by atoms with van der Waals surface area (Å²) in [6.07, 6.45) is -4.46. The zero-order chi connectivity index (χ0) is 15.6. The lowest BCUT2D eigenvalue weighted by Crippen LogP contribution is -2.08. The molecule has 0 unspecified atom stereocenters. The van der Waals surface area contributed by atoms with Gasteiger partial charge in [-0.05, 0) is 48.4 Å². The van der Waals surface area contributed by atoms with Gasteiger partial charge in [-0.1, -0.05) is 22.0 Å². The number of hydrogen-bond acceptors (Lipinski definition) is 1. The van der Waals surface area contributed by atoms with Crippen LogP contribution in [0.3, 0.4) is 0 Å². The maximum Gasteiger partial charge on any atom is 0.416 e. The second kappa shape index (κ2) is 6.28. The maximum absolute atomic E-state index is 13.0. The lowest BCUT2D eigenvalue weighted by Gasteiger charge is -2.14. The average molecular weight is 380 g/mol. The molecule has 0 aliphatic rings. The molecule has 0 saturated carbocycles. The molecule has 0 aliphatic carbocycles. The zero-order valence-electron chi connectivity index (χ0n) is 11.0. The summed E-state index contributed by atoms with van der Waals surface area (Å²) in [7, 11) is 0. The van der Waals surface area contributed by atoms with E-state index in [1.807, 2.05) is 13.0 Å². The van der Waals surface area contributed by atoms with Crippen molar-refractivity contribution in [3.05, 3.63) is 57.6 Å². The Hall–Kier alpha value is -1.20. The molecule has 21 heavy (non-hydrogen) atoms. The molecule has 0 fully saturated rings. The van der Waals surface area contributed by atoms with Crippen LogP contribution in [0.4, 0.5) is 13.2 Å². The Kier molecular flexibility index (Phi) is 4.84. The first-order chi connectivity index (χ1) is 9.81. The van der Waals surface area contributed by atoms with Crippen molar-refractivity contribution in [3.8, 4) is 11.5 Å². The molecule has 2 rings (SSSR count). The van der Waals surface area contributed by atoms with E-state index in [-0.39, 0.29) is 17.2 Å². The second-order valence-corrected chi connectivity index (χ2v) is 5.65. The van der Waals surface area contributed by atoms with E-state index in [1.54, 1.807) is 12.1 Å². The van der Waals surface area contributed by atoms with Crippen LogP contribution in [-0.2, 0) is 12.1 Å². The van der Waals surface area contributed by atoms with E-state index in [4.69, 9.17) is 16.3 Å². The molecule has 0 aromatic heterocycles. The summed E-state index contributed by atoms with van der Waals surface area (Å²) >= 11 is 8.87. The van der Waals surface area contributed by atoms with Crippen molar-refractivity contribution in [2.24, 2.45) is 0 Å². The van der Waals surface area contributed by atoms with Crippen LogP contribution < -0.4 is 4.74 Å². The van der Waals surface area contributed by atoms with Gasteiger partial charge >= 0.3 is 6.18 Å². The SMILES string of the molecule is Cc1cc(Br)ccc1Oc1ccc(CCl)c(C(F)(F)F)c1. The monoisotopic (exact) mass is 378 g/mol. The third-order valence-corrected chi connectivity index (χ3v) is 3.68. The van der Waals surface area contributed by atoms with Gasteiger partial charge in [-0.3, -0.25) is 0 Å². The molecule has 1 nitrogen and oxygen atoms in total. The van der Waals surface area contributed by atoms with E-state index in [2.05, 4.69) is 15.9 Å². The van der Waals surface area contributed by atoms with Crippen LogP contribution in [0.15, 0.2) is 40.9 Å². The molecule has 0 atom stereocenters. The fraction of sp³-hybridized carbons (Fsp3) is 0.200. The average Bonchev–Trinajstić information content (AvgIpc) is 2.41. The molecule has 0 amide bonds. The predicted molar refractivity (Wildman–Crippen MR) is 80.0 cm³/mol. The number of halogens is 5. The molecule has 0 N–H and O–H groups in total. The summed E-state index contributed by atoms with van der Waals surface area (Å²) in [5.41, 5.74) is 0.0770. The van der Waals surface area contributed by atoms with Gasteiger partial charge in [0.25, 0.3) is 0 Å². The number of ether oxygens (including phenoxy) is 1. The molecule has 0 spiro atoms. The number of aryl methyl sites for hydroxylation is 1. The van der Waals surface area contributed by atoms with Crippen LogP contribution in [0.5, 0.6) is 11.5 Å². The minimum Gasteiger partial charge on any atom is -0.457 e.